The lowest BCUT2D eigenvalue weighted by molar-refractivity contribution is -0.139. The monoisotopic (exact) mass is 944 g/mol. The molecule has 368 valence electrons. The van der Waals surface area contributed by atoms with E-state index in [4.69, 9.17) is 24.3 Å². The second-order valence-corrected chi connectivity index (χ2v) is 21.7. The van der Waals surface area contributed by atoms with Gasteiger partial charge in [0.1, 0.15) is 40.6 Å². The molecule has 1 saturated heterocycles. The molecule has 1 heterocycles. The average molecular weight is 944 g/mol. The van der Waals surface area contributed by atoms with Crippen LogP contribution >= 0.6 is 7.60 Å². The SMILES string of the molecule is COP(=O)(OC)C1(N)CCN(C(=O)C(CCCCNC(=O)OC(C)(C)C)NC(=O)C(CC(C)C)NC(=O)C(Cc2ccccc2)NC(=O)C(Cc2ccccc2)NC(=O)OC(C)(C)C)CC1. The van der Waals surface area contributed by atoms with Crippen LogP contribution in [-0.2, 0) is 55.1 Å². The average Bonchev–Trinajstić information content (AvgIpc) is 3.24. The Bertz CT molecular complexity index is 1940. The third-order valence-corrected chi connectivity index (χ3v) is 13.2. The molecule has 4 unspecified atom stereocenters. The van der Waals surface area contributed by atoms with Gasteiger partial charge in [-0.2, -0.15) is 0 Å². The Hall–Kier alpha value is -5.03. The van der Waals surface area contributed by atoms with Crippen molar-refractivity contribution in [3.63, 3.8) is 0 Å². The first-order valence-electron chi connectivity index (χ1n) is 22.6. The molecule has 0 bridgehead atoms. The fourth-order valence-corrected chi connectivity index (χ4v) is 8.99. The number of amides is 6. The van der Waals surface area contributed by atoms with Crippen molar-refractivity contribution in [2.24, 2.45) is 11.7 Å². The zero-order valence-electron chi connectivity index (χ0n) is 40.4. The highest BCUT2D eigenvalue weighted by Gasteiger charge is 2.49. The van der Waals surface area contributed by atoms with Crippen LogP contribution in [0.25, 0.3) is 0 Å². The van der Waals surface area contributed by atoms with E-state index in [0.29, 0.717) is 12.8 Å². The largest absolute Gasteiger partial charge is 0.444 e. The van der Waals surface area contributed by atoms with E-state index < -0.39 is 84.1 Å². The van der Waals surface area contributed by atoms with Gasteiger partial charge in [0.15, 0.2) is 0 Å². The number of benzene rings is 2. The maximum absolute atomic E-state index is 14.4. The normalized spacial score (nSPS) is 15.9. The van der Waals surface area contributed by atoms with Gasteiger partial charge >= 0.3 is 19.8 Å². The molecule has 1 aliphatic rings. The molecule has 19 heteroatoms. The zero-order chi connectivity index (χ0) is 49.3. The summed E-state index contributed by atoms with van der Waals surface area (Å²) < 4.78 is 34.5. The number of unbranched alkanes of at least 4 members (excludes halogenated alkanes) is 1. The number of carbonyl (C=O) groups is 6. The molecule has 7 N–H and O–H groups in total. The summed E-state index contributed by atoms with van der Waals surface area (Å²) in [7, 11) is -1.18. The fraction of sp³-hybridized carbons (Fsp3) is 0.617. The number of nitrogens with two attached hydrogens (primary N) is 1. The van der Waals surface area contributed by atoms with E-state index in [0.717, 1.165) is 11.1 Å². The maximum Gasteiger partial charge on any atom is 0.408 e. The molecule has 1 fully saturated rings. The molecule has 66 heavy (non-hydrogen) atoms. The lowest BCUT2D eigenvalue weighted by Crippen LogP contribution is -2.60. The van der Waals surface area contributed by atoms with E-state index in [1.807, 2.05) is 62.4 Å². The van der Waals surface area contributed by atoms with Crippen LogP contribution in [0.1, 0.15) is 105 Å². The van der Waals surface area contributed by atoms with Crippen LogP contribution in [0, 0.1) is 5.92 Å². The Labute approximate surface area is 390 Å². The first-order chi connectivity index (χ1) is 30.9. The lowest BCUT2D eigenvalue weighted by atomic mass is 9.99. The van der Waals surface area contributed by atoms with Gasteiger partial charge in [-0.3, -0.25) is 23.7 Å². The van der Waals surface area contributed by atoms with E-state index in [2.05, 4.69) is 26.6 Å². The predicted octanol–water partition coefficient (Wildman–Crippen LogP) is 5.32. The molecule has 2 aromatic rings. The molecule has 0 saturated carbocycles. The van der Waals surface area contributed by atoms with Crippen molar-refractivity contribution in [2.45, 2.75) is 147 Å². The highest BCUT2D eigenvalue weighted by molar-refractivity contribution is 7.55. The van der Waals surface area contributed by atoms with Gasteiger partial charge in [0.05, 0.1) is 0 Å². The first kappa shape index (κ1) is 55.3. The minimum Gasteiger partial charge on any atom is -0.444 e. The van der Waals surface area contributed by atoms with E-state index >= 15 is 0 Å². The van der Waals surface area contributed by atoms with E-state index in [1.165, 1.54) is 14.2 Å². The van der Waals surface area contributed by atoms with Crippen molar-refractivity contribution in [2.75, 3.05) is 33.9 Å². The Morgan fingerprint density at radius 1 is 0.667 bits per heavy atom. The van der Waals surface area contributed by atoms with Gasteiger partial charge in [0.25, 0.3) is 0 Å². The molecule has 6 amide bonds. The Morgan fingerprint density at radius 3 is 1.58 bits per heavy atom. The van der Waals surface area contributed by atoms with Crippen LogP contribution in [0.5, 0.6) is 0 Å². The van der Waals surface area contributed by atoms with Gasteiger partial charge in [-0.15, -0.1) is 0 Å². The van der Waals surface area contributed by atoms with E-state index in [-0.39, 0.29) is 64.1 Å². The van der Waals surface area contributed by atoms with Crippen molar-refractivity contribution in [3.8, 4) is 0 Å². The number of rotatable bonds is 22. The molecule has 0 aromatic heterocycles. The predicted molar refractivity (Wildman–Crippen MR) is 251 cm³/mol. The molecular weight excluding hydrogens is 870 g/mol. The first-order valence-corrected chi connectivity index (χ1v) is 24.2. The molecule has 0 spiro atoms. The lowest BCUT2D eigenvalue weighted by Gasteiger charge is -2.42. The van der Waals surface area contributed by atoms with Crippen molar-refractivity contribution >= 4 is 43.4 Å². The number of carbonyl (C=O) groups excluding carboxylic acids is 6. The summed E-state index contributed by atoms with van der Waals surface area (Å²) in [6, 6.07) is 13.6. The van der Waals surface area contributed by atoms with Crippen LogP contribution < -0.4 is 32.3 Å². The van der Waals surface area contributed by atoms with Crippen LogP contribution in [-0.4, -0.2) is 115 Å². The Kier molecular flexibility index (Phi) is 21.1. The number of nitrogens with one attached hydrogen (secondary N) is 5. The summed E-state index contributed by atoms with van der Waals surface area (Å²) in [5, 5.41) is 12.7. The van der Waals surface area contributed by atoms with Gasteiger partial charge in [-0.1, -0.05) is 74.5 Å². The van der Waals surface area contributed by atoms with Crippen LogP contribution in [0.3, 0.4) is 0 Å². The third kappa shape index (κ3) is 18.3. The molecule has 4 atom stereocenters. The highest BCUT2D eigenvalue weighted by atomic mass is 31.2. The summed E-state index contributed by atoms with van der Waals surface area (Å²) in [5.74, 6) is -2.42. The molecule has 1 aliphatic heterocycles. The van der Waals surface area contributed by atoms with Crippen LogP contribution in [0.2, 0.25) is 0 Å². The number of hydrogen-bond donors (Lipinski definition) is 6. The molecule has 3 rings (SSSR count). The molecule has 2 aromatic carbocycles. The van der Waals surface area contributed by atoms with Gasteiger partial charge in [-0.05, 0) is 97.1 Å². The second kappa shape index (κ2) is 25.2. The Balaban J connectivity index is 1.88. The number of hydrogen-bond acceptors (Lipinski definition) is 12. The van der Waals surface area contributed by atoms with Gasteiger partial charge in [0, 0.05) is 46.7 Å². The molecule has 0 radical (unpaired) electrons. The van der Waals surface area contributed by atoms with E-state index in [9.17, 15) is 33.3 Å². The van der Waals surface area contributed by atoms with Gasteiger partial charge in [-0.25, -0.2) is 9.59 Å². The summed E-state index contributed by atoms with van der Waals surface area (Å²) in [4.78, 5) is 84.0. The number of piperidine rings is 1. The molecule has 18 nitrogen and oxygen atoms in total. The fourth-order valence-electron chi connectivity index (χ4n) is 7.37. The molecule has 0 aliphatic carbocycles. The minimum absolute atomic E-state index is 0.0496. The highest BCUT2D eigenvalue weighted by Crippen LogP contribution is 2.60. The topological polar surface area (TPSA) is 246 Å². The number of nitrogens with zero attached hydrogens (tertiary/aromatic N) is 1. The number of alkyl carbamates (subject to hydrolysis) is 2. The smallest absolute Gasteiger partial charge is 0.408 e. The standard InChI is InChI=1S/C47H74N7O11P/c1-32(2)29-36(39(55)50-35(23-17-18-26-49-43(59)64-45(3,4)5)42(58)54-27-24-47(48,25-28-54)66(61,62-9)63-10)51-40(56)37(30-33-19-13-11-14-20-33)52-41(57)38(31-34-21-15-12-16-22-34)53-44(60)65-46(6,7)8/h11-16,19-22,32,35-38H,17-18,23-31,48H2,1-10H3,(H,49,59)(H,50,55)(H,51,56)(H,52,57)(H,53,60). The van der Waals surface area contributed by atoms with Crippen molar-refractivity contribution in [1.29, 1.82) is 0 Å². The van der Waals surface area contributed by atoms with Crippen LogP contribution in [0.15, 0.2) is 60.7 Å². The van der Waals surface area contributed by atoms with Crippen molar-refractivity contribution in [1.82, 2.24) is 31.5 Å². The van der Waals surface area contributed by atoms with Gasteiger partial charge < -0.3 is 55.7 Å². The zero-order valence-corrected chi connectivity index (χ0v) is 41.3. The van der Waals surface area contributed by atoms with Gasteiger partial charge in [0.2, 0.25) is 23.6 Å². The van der Waals surface area contributed by atoms with Crippen molar-refractivity contribution in [3.05, 3.63) is 71.8 Å². The summed E-state index contributed by atoms with van der Waals surface area (Å²) >= 11 is 0. The maximum atomic E-state index is 14.4. The number of likely N-dealkylation sites (tertiary alicyclic amines) is 1. The number of ether oxygens (including phenoxy) is 2. The van der Waals surface area contributed by atoms with E-state index in [1.54, 1.807) is 58.6 Å². The third-order valence-electron chi connectivity index (χ3n) is 10.7. The van der Waals surface area contributed by atoms with Crippen molar-refractivity contribution < 1.29 is 51.9 Å². The quantitative estimate of drug-likeness (QED) is 0.0649. The summed E-state index contributed by atoms with van der Waals surface area (Å²) in [6.45, 7) is 14.6. The molecular formula is C47H74N7O11P. The Morgan fingerprint density at radius 2 is 1.11 bits per heavy atom. The van der Waals surface area contributed by atoms with Crippen LogP contribution in [0.4, 0.5) is 9.59 Å². The summed E-state index contributed by atoms with van der Waals surface area (Å²) in [6.07, 6.45) is 0.214. The second-order valence-electron chi connectivity index (χ2n) is 19.1. The summed E-state index contributed by atoms with van der Waals surface area (Å²) in [5.41, 5.74) is 6.49. The minimum atomic E-state index is -3.70.